The quantitative estimate of drug-likeness (QED) is 0.485. The Morgan fingerprint density at radius 2 is 1.82 bits per heavy atom. The summed E-state index contributed by atoms with van der Waals surface area (Å²) < 4.78 is 5.44. The van der Waals surface area contributed by atoms with Gasteiger partial charge in [-0.05, 0) is 31.9 Å². The van der Waals surface area contributed by atoms with Gasteiger partial charge in [-0.2, -0.15) is 0 Å². The lowest BCUT2D eigenvalue weighted by Crippen LogP contribution is -2.06. The van der Waals surface area contributed by atoms with E-state index in [1.54, 1.807) is 12.1 Å². The summed E-state index contributed by atoms with van der Waals surface area (Å²) in [7, 11) is 0. The molecule has 0 aliphatic carbocycles. The molecule has 0 aliphatic rings. The van der Waals surface area contributed by atoms with Gasteiger partial charge in [0.25, 0.3) is 0 Å². The van der Waals surface area contributed by atoms with Crippen LogP contribution in [0.25, 0.3) is 22.6 Å². The van der Waals surface area contributed by atoms with Crippen LogP contribution in [0.5, 0.6) is 11.5 Å². The van der Waals surface area contributed by atoms with E-state index < -0.39 is 0 Å². The molecule has 1 heterocycles. The van der Waals surface area contributed by atoms with Crippen LogP contribution in [-0.2, 0) is 0 Å². The third-order valence-corrected chi connectivity index (χ3v) is 4.21. The van der Waals surface area contributed by atoms with E-state index >= 15 is 0 Å². The van der Waals surface area contributed by atoms with Crippen LogP contribution < -0.4 is 10.1 Å². The monoisotopic (exact) mass is 379 g/mol. The number of aromatic hydroxyl groups is 1. The van der Waals surface area contributed by atoms with Crippen molar-refractivity contribution in [3.63, 3.8) is 0 Å². The van der Waals surface area contributed by atoms with E-state index in [2.05, 4.69) is 15.3 Å². The van der Waals surface area contributed by atoms with Crippen LogP contribution in [0.15, 0.2) is 54.6 Å². The van der Waals surface area contributed by atoms with E-state index in [4.69, 9.17) is 9.84 Å². The molecule has 3 rings (SSSR count). The summed E-state index contributed by atoms with van der Waals surface area (Å²) in [5.74, 6) is 1.98. The average molecular weight is 379 g/mol. The van der Waals surface area contributed by atoms with Gasteiger partial charge in [-0.25, -0.2) is 9.97 Å². The number of phenols is 1. The van der Waals surface area contributed by atoms with Crippen molar-refractivity contribution in [3.05, 3.63) is 54.6 Å². The third-order valence-electron chi connectivity index (χ3n) is 4.21. The largest absolute Gasteiger partial charge is 0.507 e. The molecule has 1 aromatic heterocycles. The fourth-order valence-corrected chi connectivity index (χ4v) is 2.83. The number of benzene rings is 2. The van der Waals surface area contributed by atoms with Crippen molar-refractivity contribution in [1.29, 1.82) is 0 Å². The molecule has 0 bridgehead atoms. The fourth-order valence-electron chi connectivity index (χ4n) is 2.83. The predicted octanol–water partition coefficient (Wildman–Crippen LogP) is 4.10. The average Bonchev–Trinajstić information content (AvgIpc) is 2.72. The van der Waals surface area contributed by atoms with Crippen molar-refractivity contribution in [2.24, 2.45) is 0 Å². The molecule has 0 fully saturated rings. The maximum absolute atomic E-state index is 10.5. The number of hydrogen-bond donors (Lipinski definition) is 3. The first kappa shape index (κ1) is 19.6. The summed E-state index contributed by atoms with van der Waals surface area (Å²) in [4.78, 5) is 9.28. The Morgan fingerprint density at radius 3 is 2.54 bits per heavy atom. The number of aliphatic hydroxyl groups excluding tert-OH is 1. The van der Waals surface area contributed by atoms with E-state index in [1.165, 1.54) is 0 Å². The Morgan fingerprint density at radius 1 is 1.00 bits per heavy atom. The minimum atomic E-state index is 0.106. The van der Waals surface area contributed by atoms with Gasteiger partial charge in [-0.15, -0.1) is 0 Å². The highest BCUT2D eigenvalue weighted by Gasteiger charge is 2.12. The topological polar surface area (TPSA) is 87.5 Å². The molecular weight excluding hydrogens is 354 g/mol. The van der Waals surface area contributed by atoms with Crippen LogP contribution in [0.2, 0.25) is 0 Å². The van der Waals surface area contributed by atoms with Crippen LogP contribution in [0.1, 0.15) is 19.8 Å². The third kappa shape index (κ3) is 4.98. The minimum Gasteiger partial charge on any atom is -0.507 e. The number of rotatable bonds is 9. The van der Waals surface area contributed by atoms with Gasteiger partial charge in [0.1, 0.15) is 17.3 Å². The molecule has 0 amide bonds. The van der Waals surface area contributed by atoms with Gasteiger partial charge in [0.15, 0.2) is 5.82 Å². The lowest BCUT2D eigenvalue weighted by Gasteiger charge is -2.12. The van der Waals surface area contributed by atoms with E-state index in [1.807, 2.05) is 49.4 Å². The number of ether oxygens (including phenoxy) is 1. The second-order valence-electron chi connectivity index (χ2n) is 6.30. The molecule has 146 valence electrons. The van der Waals surface area contributed by atoms with Gasteiger partial charge in [0, 0.05) is 36.4 Å². The standard InChI is InChI=1S/C22H25N3O3/c1-2-28-17-10-11-18(20(27)14-17)19-15-21(23-12-6-7-13-26)25-22(24-19)16-8-4-3-5-9-16/h3-5,8-11,14-15,26-27H,2,6-7,12-13H2,1H3,(H,23,24,25). The summed E-state index contributed by atoms with van der Waals surface area (Å²) in [5, 5.41) is 22.7. The van der Waals surface area contributed by atoms with Crippen LogP contribution in [-0.4, -0.2) is 39.9 Å². The first-order chi connectivity index (χ1) is 13.7. The normalized spacial score (nSPS) is 10.6. The molecule has 3 N–H and O–H groups in total. The molecule has 28 heavy (non-hydrogen) atoms. The van der Waals surface area contributed by atoms with Gasteiger partial charge in [0.05, 0.1) is 12.3 Å². The van der Waals surface area contributed by atoms with Gasteiger partial charge in [-0.1, -0.05) is 30.3 Å². The molecule has 0 spiro atoms. The number of aliphatic hydroxyl groups is 1. The number of hydrogen-bond acceptors (Lipinski definition) is 6. The number of aromatic nitrogens is 2. The maximum Gasteiger partial charge on any atom is 0.162 e. The second kappa shape index (κ2) is 9.71. The highest BCUT2D eigenvalue weighted by atomic mass is 16.5. The number of nitrogens with zero attached hydrogens (tertiary/aromatic N) is 2. The molecule has 0 atom stereocenters. The number of phenolic OH excluding ortho intramolecular Hbond substituents is 1. The zero-order chi connectivity index (χ0) is 19.8. The van der Waals surface area contributed by atoms with Crippen LogP contribution >= 0.6 is 0 Å². The van der Waals surface area contributed by atoms with Gasteiger partial charge < -0.3 is 20.3 Å². The summed E-state index contributed by atoms with van der Waals surface area (Å²) >= 11 is 0. The molecule has 0 saturated carbocycles. The van der Waals surface area contributed by atoms with E-state index in [9.17, 15) is 5.11 Å². The Balaban J connectivity index is 1.97. The number of nitrogens with one attached hydrogen (secondary N) is 1. The lowest BCUT2D eigenvalue weighted by molar-refractivity contribution is 0.286. The van der Waals surface area contributed by atoms with Gasteiger partial charge >= 0.3 is 0 Å². The zero-order valence-corrected chi connectivity index (χ0v) is 15.9. The summed E-state index contributed by atoms with van der Waals surface area (Å²) in [6, 6.07) is 16.8. The van der Waals surface area contributed by atoms with Crippen molar-refractivity contribution >= 4 is 5.82 Å². The molecule has 0 saturated heterocycles. The predicted molar refractivity (Wildman–Crippen MR) is 111 cm³/mol. The molecule has 0 aliphatic heterocycles. The van der Waals surface area contributed by atoms with Gasteiger partial charge in [-0.3, -0.25) is 0 Å². The molecule has 0 radical (unpaired) electrons. The number of anilines is 1. The summed E-state index contributed by atoms with van der Waals surface area (Å²) in [6.07, 6.45) is 1.57. The highest BCUT2D eigenvalue weighted by molar-refractivity contribution is 5.72. The zero-order valence-electron chi connectivity index (χ0n) is 15.9. The van der Waals surface area contributed by atoms with Crippen molar-refractivity contribution in [3.8, 4) is 34.1 Å². The van der Waals surface area contributed by atoms with E-state index in [-0.39, 0.29) is 12.4 Å². The smallest absolute Gasteiger partial charge is 0.162 e. The summed E-state index contributed by atoms with van der Waals surface area (Å²) in [5.41, 5.74) is 2.13. The van der Waals surface area contributed by atoms with Crippen LogP contribution in [0.3, 0.4) is 0 Å². The Labute approximate surface area is 164 Å². The van der Waals surface area contributed by atoms with Crippen molar-refractivity contribution in [1.82, 2.24) is 9.97 Å². The van der Waals surface area contributed by atoms with Crippen molar-refractivity contribution in [2.45, 2.75) is 19.8 Å². The van der Waals surface area contributed by atoms with E-state index in [0.717, 1.165) is 18.4 Å². The molecule has 6 nitrogen and oxygen atoms in total. The molecule has 2 aromatic carbocycles. The molecular formula is C22H25N3O3. The Bertz CT molecular complexity index is 901. The first-order valence-electron chi connectivity index (χ1n) is 9.46. The molecule has 6 heteroatoms. The van der Waals surface area contributed by atoms with Crippen LogP contribution in [0, 0.1) is 0 Å². The SMILES string of the molecule is CCOc1ccc(-c2cc(NCCCCO)nc(-c3ccccc3)n2)c(O)c1. The minimum absolute atomic E-state index is 0.106. The maximum atomic E-state index is 10.5. The molecule has 3 aromatic rings. The first-order valence-corrected chi connectivity index (χ1v) is 9.46. The second-order valence-corrected chi connectivity index (χ2v) is 6.30. The highest BCUT2D eigenvalue weighted by Crippen LogP contribution is 2.33. The van der Waals surface area contributed by atoms with Crippen molar-refractivity contribution in [2.75, 3.05) is 25.1 Å². The Hall–Kier alpha value is -3.12. The van der Waals surface area contributed by atoms with Crippen LogP contribution in [0.4, 0.5) is 5.82 Å². The molecule has 0 unspecified atom stereocenters. The lowest BCUT2D eigenvalue weighted by atomic mass is 10.1. The fraction of sp³-hybridized carbons (Fsp3) is 0.273. The summed E-state index contributed by atoms with van der Waals surface area (Å²) in [6.45, 7) is 3.30. The van der Waals surface area contributed by atoms with E-state index in [0.29, 0.717) is 41.8 Å². The van der Waals surface area contributed by atoms with Gasteiger partial charge in [0.2, 0.25) is 0 Å². The van der Waals surface area contributed by atoms with Crippen molar-refractivity contribution < 1.29 is 14.9 Å². The number of unbranched alkanes of at least 4 members (excludes halogenated alkanes) is 1. The Kier molecular flexibility index (Phi) is 6.81.